The summed E-state index contributed by atoms with van der Waals surface area (Å²) in [5.74, 6) is 0. The van der Waals surface area contributed by atoms with Crippen molar-refractivity contribution in [3.63, 3.8) is 0 Å². The molecule has 0 spiro atoms. The van der Waals surface area contributed by atoms with Crippen LogP contribution in [0, 0.1) is 13.8 Å². The molecule has 0 aliphatic rings. The number of benzene rings is 5. The Morgan fingerprint density at radius 3 is 1.55 bits per heavy atom. The Morgan fingerprint density at radius 2 is 0.974 bits per heavy atom. The third-order valence-corrected chi connectivity index (χ3v) is 9.55. The summed E-state index contributed by atoms with van der Waals surface area (Å²) in [6.45, 7) is 8.86. The molecule has 0 amide bonds. The largest absolute Gasteiger partial charge is 1.00 e. The van der Waals surface area contributed by atoms with Crippen molar-refractivity contribution in [2.24, 2.45) is 0 Å². The van der Waals surface area contributed by atoms with E-state index in [4.69, 9.17) is 0 Å². The first kappa shape index (κ1) is 30.1. The van der Waals surface area contributed by atoms with E-state index in [-0.39, 0.29) is 57.5 Å². The Labute approximate surface area is 258 Å². The monoisotopic (exact) mass is 544 g/mol. The Morgan fingerprint density at radius 1 is 0.500 bits per heavy atom. The Balaban J connectivity index is 0.00000200. The maximum Gasteiger partial charge on any atom is 1.00 e. The van der Waals surface area contributed by atoms with Gasteiger partial charge < -0.3 is 0 Å². The van der Waals surface area contributed by atoms with Crippen molar-refractivity contribution in [2.45, 2.75) is 17.7 Å². The van der Waals surface area contributed by atoms with Crippen LogP contribution in [0.3, 0.4) is 0 Å². The van der Waals surface area contributed by atoms with Gasteiger partial charge in [0, 0.05) is 0 Å². The first-order valence-electron chi connectivity index (χ1n) is 12.4. The quantitative estimate of drug-likeness (QED) is 0.205. The van der Waals surface area contributed by atoms with E-state index < -0.39 is 0 Å². The molecule has 5 aromatic carbocycles. The van der Waals surface area contributed by atoms with Crippen LogP contribution in [0.5, 0.6) is 0 Å². The van der Waals surface area contributed by atoms with E-state index >= 15 is 0 Å². The van der Waals surface area contributed by atoms with Gasteiger partial charge in [-0.3, -0.25) is 0 Å². The summed E-state index contributed by atoms with van der Waals surface area (Å²) < 4.78 is 1.42. The van der Waals surface area contributed by atoms with Gasteiger partial charge in [-0.1, -0.05) is 0 Å². The van der Waals surface area contributed by atoms with Crippen LogP contribution in [-0.4, -0.2) is 15.0 Å². The topological polar surface area (TPSA) is 0 Å². The standard InChI is InChI=1S/C35H30Se.2Li/c1-26-14-12-22-31(32(26)24-28-16-6-3-7-17-28)35(30-20-10-5-11-21-30)36-34-23-13-15-27(2)33(34)25-29-18-8-4-9-19-29;;/h3-23,35H,1-2,24-25H2;;/q-2;2*+1. The van der Waals surface area contributed by atoms with Gasteiger partial charge in [-0.05, 0) is 0 Å². The molecule has 5 aromatic rings. The van der Waals surface area contributed by atoms with E-state index in [1.54, 1.807) is 0 Å². The van der Waals surface area contributed by atoms with Crippen molar-refractivity contribution in [1.29, 1.82) is 0 Å². The second kappa shape index (κ2) is 14.6. The minimum atomic E-state index is 0. The molecule has 38 heavy (non-hydrogen) atoms. The van der Waals surface area contributed by atoms with E-state index in [9.17, 15) is 0 Å². The molecule has 1 atom stereocenters. The van der Waals surface area contributed by atoms with Gasteiger partial charge in [0.05, 0.1) is 0 Å². The molecule has 0 aliphatic carbocycles. The molecule has 0 saturated carbocycles. The van der Waals surface area contributed by atoms with Crippen LogP contribution in [0.1, 0.15) is 49.3 Å². The molecule has 178 valence electrons. The zero-order valence-corrected chi connectivity index (χ0v) is 24.2. The van der Waals surface area contributed by atoms with Crippen LogP contribution in [0.2, 0.25) is 0 Å². The smallest absolute Gasteiger partial charge is 1.00 e. The Hall–Kier alpha value is -2.45. The summed E-state index contributed by atoms with van der Waals surface area (Å²) in [5, 5.41) is 0. The molecule has 0 saturated heterocycles. The van der Waals surface area contributed by atoms with Crippen molar-refractivity contribution in [3.8, 4) is 0 Å². The minimum Gasteiger partial charge on any atom is 1.00 e. The minimum absolute atomic E-state index is 0. The Kier molecular flexibility index (Phi) is 11.6. The zero-order chi connectivity index (χ0) is 24.7. The van der Waals surface area contributed by atoms with Gasteiger partial charge in [-0.2, -0.15) is 0 Å². The van der Waals surface area contributed by atoms with E-state index in [1.807, 2.05) is 0 Å². The van der Waals surface area contributed by atoms with Crippen LogP contribution >= 0.6 is 0 Å². The van der Waals surface area contributed by atoms with Crippen molar-refractivity contribution >= 4 is 19.4 Å². The molecule has 0 aliphatic heterocycles. The number of rotatable bonds is 8. The van der Waals surface area contributed by atoms with Gasteiger partial charge in [0.2, 0.25) is 0 Å². The maximum absolute atomic E-state index is 4.44. The van der Waals surface area contributed by atoms with Crippen molar-refractivity contribution in [1.82, 2.24) is 0 Å². The van der Waals surface area contributed by atoms with Gasteiger partial charge in [0.25, 0.3) is 0 Å². The van der Waals surface area contributed by atoms with Crippen molar-refractivity contribution in [2.75, 3.05) is 0 Å². The van der Waals surface area contributed by atoms with E-state index in [0.29, 0.717) is 0 Å². The van der Waals surface area contributed by atoms with Gasteiger partial charge in [-0.15, -0.1) is 0 Å². The van der Waals surface area contributed by atoms with E-state index in [0.717, 1.165) is 24.0 Å². The second-order valence-electron chi connectivity index (χ2n) is 9.11. The van der Waals surface area contributed by atoms with E-state index in [1.165, 1.54) is 37.8 Å². The molecule has 0 nitrogen and oxygen atoms in total. The third kappa shape index (κ3) is 7.35. The summed E-state index contributed by atoms with van der Waals surface area (Å²) >= 11 is 0.165. The molecule has 0 fully saturated rings. The van der Waals surface area contributed by atoms with Crippen molar-refractivity contribution in [3.05, 3.63) is 186 Å². The van der Waals surface area contributed by atoms with Gasteiger partial charge in [0.1, 0.15) is 0 Å². The molecule has 0 bridgehead atoms. The van der Waals surface area contributed by atoms with Crippen LogP contribution in [0.25, 0.3) is 0 Å². The fraction of sp³-hybridized carbons (Fsp3) is 0.0857. The normalized spacial score (nSPS) is 11.2. The fourth-order valence-electron chi connectivity index (χ4n) is 4.70. The predicted octanol–water partition coefficient (Wildman–Crippen LogP) is 1.36. The predicted molar refractivity (Wildman–Crippen MR) is 154 cm³/mol. The first-order chi connectivity index (χ1) is 17.7. The summed E-state index contributed by atoms with van der Waals surface area (Å²) in [6, 6.07) is 45.7. The molecule has 0 aromatic heterocycles. The molecule has 0 N–H and O–H groups in total. The first-order valence-corrected chi connectivity index (χ1v) is 14.2. The van der Waals surface area contributed by atoms with Crippen molar-refractivity contribution < 1.29 is 37.7 Å². The average Bonchev–Trinajstić information content (AvgIpc) is 2.92. The van der Waals surface area contributed by atoms with Crippen LogP contribution in [-0.2, 0) is 12.8 Å². The maximum atomic E-state index is 4.44. The van der Waals surface area contributed by atoms with Gasteiger partial charge >= 0.3 is 261 Å². The molecular formula is C35H30Li2Se. The molecule has 3 heteroatoms. The summed E-state index contributed by atoms with van der Waals surface area (Å²) in [4.78, 5) is 0.287. The summed E-state index contributed by atoms with van der Waals surface area (Å²) in [6.07, 6.45) is 1.80. The van der Waals surface area contributed by atoms with Gasteiger partial charge in [0.15, 0.2) is 0 Å². The SMILES string of the molecule is [CH2-]c1cccc([Se]C(c2ccccc2)c2cccc([CH2-])c2Cc2ccccc2)c1Cc1ccccc1.[Li+].[Li+]. The van der Waals surface area contributed by atoms with Crippen LogP contribution < -0.4 is 42.2 Å². The number of hydrogen-bond acceptors (Lipinski definition) is 0. The molecule has 1 unspecified atom stereocenters. The third-order valence-electron chi connectivity index (χ3n) is 6.62. The number of hydrogen-bond donors (Lipinski definition) is 0. The zero-order valence-electron chi connectivity index (χ0n) is 22.4. The van der Waals surface area contributed by atoms with Crippen LogP contribution in [0.4, 0.5) is 0 Å². The van der Waals surface area contributed by atoms with Gasteiger partial charge in [-0.25, -0.2) is 0 Å². The molecule has 0 heterocycles. The summed E-state index contributed by atoms with van der Waals surface area (Å²) in [7, 11) is 0. The summed E-state index contributed by atoms with van der Waals surface area (Å²) in [5.41, 5.74) is 10.3. The second-order valence-corrected chi connectivity index (χ2v) is 11.5. The fourth-order valence-corrected chi connectivity index (χ4v) is 7.64. The average molecular weight is 543 g/mol. The Bertz CT molecular complexity index is 1420. The van der Waals surface area contributed by atoms with Crippen LogP contribution in [0.15, 0.2) is 127 Å². The molecule has 5 rings (SSSR count). The van der Waals surface area contributed by atoms with E-state index in [2.05, 4.69) is 141 Å². The molecule has 0 radical (unpaired) electrons. The molecular weight excluding hydrogens is 513 g/mol.